The van der Waals surface area contributed by atoms with E-state index in [1.54, 1.807) is 0 Å². The molecular weight excluding hydrogens is 226 g/mol. The van der Waals surface area contributed by atoms with Crippen LogP contribution in [-0.2, 0) is 0 Å². The number of unbranched alkanes of at least 4 members (excludes halogenated alkanes) is 1. The number of rotatable bonds is 9. The van der Waals surface area contributed by atoms with Gasteiger partial charge in [0.15, 0.2) is 0 Å². The first-order chi connectivity index (χ1) is 8.31. The molecule has 0 saturated heterocycles. The maximum absolute atomic E-state index is 8.67. The molecule has 1 unspecified atom stereocenters. The molecule has 0 radical (unpaired) electrons. The van der Waals surface area contributed by atoms with Crippen molar-refractivity contribution in [3.63, 3.8) is 0 Å². The second kappa shape index (κ2) is 8.35. The van der Waals surface area contributed by atoms with E-state index in [0.29, 0.717) is 5.84 Å². The molecule has 0 amide bonds. The number of nitrogens with two attached hydrogens (primary N) is 1. The Balaban J connectivity index is 3.63. The average Bonchev–Trinajstić information content (AvgIpc) is 2.31. The maximum Gasteiger partial charge on any atom is 0.144 e. The summed E-state index contributed by atoms with van der Waals surface area (Å²) in [6.07, 6.45) is 3.17. The number of hydrogen-bond donors (Lipinski definition) is 3. The molecule has 108 valence electrons. The van der Waals surface area contributed by atoms with Gasteiger partial charge in [-0.2, -0.15) is 0 Å². The van der Waals surface area contributed by atoms with Gasteiger partial charge in [0.2, 0.25) is 0 Å². The van der Waals surface area contributed by atoms with E-state index in [-0.39, 0.29) is 5.41 Å². The molecule has 0 aromatic heterocycles. The molecule has 0 aliphatic heterocycles. The van der Waals surface area contributed by atoms with E-state index < -0.39 is 0 Å². The van der Waals surface area contributed by atoms with Crippen molar-refractivity contribution >= 4 is 5.84 Å². The molecule has 0 aromatic rings. The highest BCUT2D eigenvalue weighted by atomic mass is 16.4. The van der Waals surface area contributed by atoms with Gasteiger partial charge < -0.3 is 16.3 Å². The van der Waals surface area contributed by atoms with Crippen LogP contribution in [0.3, 0.4) is 0 Å². The van der Waals surface area contributed by atoms with Gasteiger partial charge in [0.05, 0.1) is 0 Å². The highest BCUT2D eigenvalue weighted by molar-refractivity contribution is 5.85. The SMILES string of the molecule is CC(C)C(C)CNCCCCC(C)(C)C(N)=NO. The topological polar surface area (TPSA) is 70.6 Å². The van der Waals surface area contributed by atoms with E-state index in [1.807, 2.05) is 13.8 Å². The van der Waals surface area contributed by atoms with Crippen molar-refractivity contribution in [1.82, 2.24) is 5.32 Å². The number of nitrogens with one attached hydrogen (secondary N) is 1. The highest BCUT2D eigenvalue weighted by Gasteiger charge is 2.22. The van der Waals surface area contributed by atoms with Crippen molar-refractivity contribution in [3.05, 3.63) is 0 Å². The van der Waals surface area contributed by atoms with E-state index in [1.165, 1.54) is 0 Å². The van der Waals surface area contributed by atoms with Crippen LogP contribution in [0.5, 0.6) is 0 Å². The van der Waals surface area contributed by atoms with Crippen molar-refractivity contribution in [1.29, 1.82) is 0 Å². The van der Waals surface area contributed by atoms with Gasteiger partial charge in [-0.05, 0) is 37.8 Å². The van der Waals surface area contributed by atoms with Crippen molar-refractivity contribution in [2.75, 3.05) is 13.1 Å². The van der Waals surface area contributed by atoms with Crippen molar-refractivity contribution in [2.24, 2.45) is 28.1 Å². The number of amidine groups is 1. The third kappa shape index (κ3) is 6.84. The highest BCUT2D eigenvalue weighted by Crippen LogP contribution is 2.23. The summed E-state index contributed by atoms with van der Waals surface area (Å²) in [5, 5.41) is 15.3. The van der Waals surface area contributed by atoms with Gasteiger partial charge in [0.1, 0.15) is 5.84 Å². The lowest BCUT2D eigenvalue weighted by Crippen LogP contribution is -2.32. The second-order valence-electron chi connectivity index (χ2n) is 6.25. The zero-order chi connectivity index (χ0) is 14.2. The summed E-state index contributed by atoms with van der Waals surface area (Å²) in [6.45, 7) is 12.9. The predicted octanol–water partition coefficient (Wildman–Crippen LogP) is 2.81. The lowest BCUT2D eigenvalue weighted by molar-refractivity contribution is 0.304. The van der Waals surface area contributed by atoms with Crippen molar-refractivity contribution < 1.29 is 5.21 Å². The van der Waals surface area contributed by atoms with Gasteiger partial charge in [-0.15, -0.1) is 0 Å². The van der Waals surface area contributed by atoms with Crippen LogP contribution in [0.1, 0.15) is 53.9 Å². The van der Waals surface area contributed by atoms with Gasteiger partial charge in [-0.1, -0.05) is 46.2 Å². The zero-order valence-electron chi connectivity index (χ0n) is 12.7. The third-order valence-corrected chi connectivity index (χ3v) is 3.81. The van der Waals surface area contributed by atoms with Crippen LogP contribution in [-0.4, -0.2) is 24.1 Å². The Morgan fingerprint density at radius 2 is 1.89 bits per heavy atom. The van der Waals surface area contributed by atoms with Crippen molar-refractivity contribution in [3.8, 4) is 0 Å². The molecule has 0 aliphatic rings. The molecule has 4 N–H and O–H groups in total. The summed E-state index contributed by atoms with van der Waals surface area (Å²) in [4.78, 5) is 0. The summed E-state index contributed by atoms with van der Waals surface area (Å²) >= 11 is 0. The summed E-state index contributed by atoms with van der Waals surface area (Å²) < 4.78 is 0. The van der Waals surface area contributed by atoms with E-state index in [0.717, 1.165) is 44.2 Å². The van der Waals surface area contributed by atoms with E-state index >= 15 is 0 Å². The first-order valence-electron chi connectivity index (χ1n) is 7.00. The lowest BCUT2D eigenvalue weighted by Gasteiger charge is -2.22. The minimum absolute atomic E-state index is 0.208. The minimum atomic E-state index is -0.208. The van der Waals surface area contributed by atoms with Gasteiger partial charge >= 0.3 is 0 Å². The number of oxime groups is 1. The molecule has 0 fully saturated rings. The monoisotopic (exact) mass is 257 g/mol. The molecule has 0 spiro atoms. The Hall–Kier alpha value is -0.770. The first kappa shape index (κ1) is 17.2. The Morgan fingerprint density at radius 3 is 2.39 bits per heavy atom. The fourth-order valence-corrected chi connectivity index (χ4v) is 1.65. The number of hydrogen-bond acceptors (Lipinski definition) is 3. The fraction of sp³-hybridized carbons (Fsp3) is 0.929. The van der Waals surface area contributed by atoms with Crippen LogP contribution in [0.15, 0.2) is 5.16 Å². The lowest BCUT2D eigenvalue weighted by atomic mass is 9.86. The first-order valence-corrected chi connectivity index (χ1v) is 7.00. The Labute approximate surface area is 112 Å². The summed E-state index contributed by atoms with van der Waals surface area (Å²) in [5.74, 6) is 1.78. The molecule has 4 heteroatoms. The molecule has 0 rings (SSSR count). The zero-order valence-corrected chi connectivity index (χ0v) is 12.7. The molecule has 4 nitrogen and oxygen atoms in total. The van der Waals surface area contributed by atoms with Crippen LogP contribution < -0.4 is 11.1 Å². The maximum atomic E-state index is 8.67. The number of nitrogens with zero attached hydrogens (tertiary/aromatic N) is 1. The summed E-state index contributed by atoms with van der Waals surface area (Å²) in [5.41, 5.74) is 5.44. The Bertz CT molecular complexity index is 249. The molecule has 0 heterocycles. The Morgan fingerprint density at radius 1 is 1.28 bits per heavy atom. The standard InChI is InChI=1S/C14H31N3O/c1-11(2)12(3)10-16-9-7-6-8-14(4,5)13(15)17-18/h11-12,16,18H,6-10H2,1-5H3,(H2,15,17). The van der Waals surface area contributed by atoms with Crippen LogP contribution in [0.2, 0.25) is 0 Å². The van der Waals surface area contributed by atoms with E-state index in [9.17, 15) is 0 Å². The average molecular weight is 257 g/mol. The van der Waals surface area contributed by atoms with Crippen LogP contribution in [0, 0.1) is 17.3 Å². The third-order valence-electron chi connectivity index (χ3n) is 3.81. The quantitative estimate of drug-likeness (QED) is 0.195. The minimum Gasteiger partial charge on any atom is -0.409 e. The van der Waals surface area contributed by atoms with Gasteiger partial charge in [-0.3, -0.25) is 0 Å². The second-order valence-corrected chi connectivity index (χ2v) is 6.25. The molecule has 0 saturated carbocycles. The molecule has 0 bridgehead atoms. The molecular formula is C14H31N3O. The van der Waals surface area contributed by atoms with E-state index in [2.05, 4.69) is 31.2 Å². The predicted molar refractivity (Wildman–Crippen MR) is 77.9 cm³/mol. The van der Waals surface area contributed by atoms with Gasteiger partial charge in [0.25, 0.3) is 0 Å². The van der Waals surface area contributed by atoms with Crippen LogP contribution >= 0.6 is 0 Å². The smallest absolute Gasteiger partial charge is 0.144 e. The van der Waals surface area contributed by atoms with Crippen LogP contribution in [0.4, 0.5) is 0 Å². The van der Waals surface area contributed by atoms with Gasteiger partial charge in [-0.25, -0.2) is 0 Å². The summed E-state index contributed by atoms with van der Waals surface area (Å²) in [7, 11) is 0. The normalized spacial score (nSPS) is 15.1. The summed E-state index contributed by atoms with van der Waals surface area (Å²) in [6, 6.07) is 0. The van der Waals surface area contributed by atoms with Crippen molar-refractivity contribution in [2.45, 2.75) is 53.9 Å². The van der Waals surface area contributed by atoms with Gasteiger partial charge in [0, 0.05) is 5.41 Å². The van der Waals surface area contributed by atoms with Crippen LogP contribution in [0.25, 0.3) is 0 Å². The molecule has 18 heavy (non-hydrogen) atoms. The fourth-order valence-electron chi connectivity index (χ4n) is 1.65. The Kier molecular flexibility index (Phi) is 8.00. The van der Waals surface area contributed by atoms with E-state index in [4.69, 9.17) is 10.9 Å². The molecule has 0 aliphatic carbocycles. The molecule has 0 aromatic carbocycles. The largest absolute Gasteiger partial charge is 0.409 e. The molecule has 1 atom stereocenters.